The van der Waals surface area contributed by atoms with Crippen LogP contribution in [-0.2, 0) is 6.54 Å². The summed E-state index contributed by atoms with van der Waals surface area (Å²) in [4.78, 5) is 6.49. The van der Waals surface area contributed by atoms with Gasteiger partial charge in [-0.05, 0) is 6.07 Å². The predicted octanol–water partition coefficient (Wildman–Crippen LogP) is 2.79. The smallest absolute Gasteiger partial charge is 0.186 e. The SMILES string of the molecule is CN(Cc1ccccc1F)c1ncc(C#N)s1. The molecule has 0 N–H and O–H groups in total. The first-order valence-electron chi connectivity index (χ1n) is 5.01. The van der Waals surface area contributed by atoms with Crippen LogP contribution in [0.15, 0.2) is 30.5 Å². The van der Waals surface area contributed by atoms with E-state index >= 15 is 0 Å². The van der Waals surface area contributed by atoms with E-state index in [-0.39, 0.29) is 5.82 Å². The fourth-order valence-corrected chi connectivity index (χ4v) is 2.12. The normalized spacial score (nSPS) is 9.94. The zero-order valence-corrected chi connectivity index (χ0v) is 10.0. The standard InChI is InChI=1S/C12H10FN3S/c1-16(12-15-7-10(6-14)17-12)8-9-4-2-3-5-11(9)13/h2-5,7H,8H2,1H3. The molecule has 0 fully saturated rings. The van der Waals surface area contributed by atoms with E-state index in [2.05, 4.69) is 4.98 Å². The molecule has 0 atom stereocenters. The molecular formula is C12H10FN3S. The van der Waals surface area contributed by atoms with E-state index in [0.29, 0.717) is 22.1 Å². The average molecular weight is 247 g/mol. The van der Waals surface area contributed by atoms with Crippen LogP contribution in [-0.4, -0.2) is 12.0 Å². The van der Waals surface area contributed by atoms with Crippen LogP contribution in [0.1, 0.15) is 10.4 Å². The summed E-state index contributed by atoms with van der Waals surface area (Å²) in [5.74, 6) is -0.226. The number of hydrogen-bond donors (Lipinski definition) is 0. The summed E-state index contributed by atoms with van der Waals surface area (Å²) in [5, 5.41) is 9.42. The van der Waals surface area contributed by atoms with E-state index in [1.807, 2.05) is 18.0 Å². The highest BCUT2D eigenvalue weighted by atomic mass is 32.1. The first kappa shape index (κ1) is 11.6. The van der Waals surface area contributed by atoms with E-state index in [4.69, 9.17) is 5.26 Å². The molecule has 0 saturated carbocycles. The van der Waals surface area contributed by atoms with Crippen molar-refractivity contribution in [3.05, 3.63) is 46.7 Å². The maximum Gasteiger partial charge on any atom is 0.186 e. The number of thiazole rings is 1. The van der Waals surface area contributed by atoms with Crippen LogP contribution in [0.25, 0.3) is 0 Å². The Morgan fingerprint density at radius 1 is 1.47 bits per heavy atom. The van der Waals surface area contributed by atoms with Gasteiger partial charge < -0.3 is 4.90 Å². The van der Waals surface area contributed by atoms with Crippen molar-refractivity contribution >= 4 is 16.5 Å². The predicted molar refractivity (Wildman–Crippen MR) is 65.3 cm³/mol. The minimum atomic E-state index is -0.226. The van der Waals surface area contributed by atoms with Crippen LogP contribution in [0, 0.1) is 17.1 Å². The van der Waals surface area contributed by atoms with Gasteiger partial charge in [0, 0.05) is 19.2 Å². The molecule has 0 unspecified atom stereocenters. The van der Waals surface area contributed by atoms with Gasteiger partial charge >= 0.3 is 0 Å². The lowest BCUT2D eigenvalue weighted by molar-refractivity contribution is 0.608. The second kappa shape index (κ2) is 4.93. The molecule has 2 aromatic rings. The van der Waals surface area contributed by atoms with E-state index in [0.717, 1.165) is 0 Å². The molecule has 0 aliphatic rings. The van der Waals surface area contributed by atoms with Crippen LogP contribution < -0.4 is 4.90 Å². The molecule has 0 radical (unpaired) electrons. The lowest BCUT2D eigenvalue weighted by Gasteiger charge is -2.15. The molecule has 0 spiro atoms. The Morgan fingerprint density at radius 2 is 2.24 bits per heavy atom. The molecule has 0 aliphatic heterocycles. The van der Waals surface area contributed by atoms with Crippen molar-refractivity contribution in [2.75, 3.05) is 11.9 Å². The van der Waals surface area contributed by atoms with Crippen molar-refractivity contribution in [3.63, 3.8) is 0 Å². The molecule has 0 amide bonds. The summed E-state index contributed by atoms with van der Waals surface area (Å²) in [6.45, 7) is 0.436. The number of benzene rings is 1. The number of aromatic nitrogens is 1. The first-order valence-corrected chi connectivity index (χ1v) is 5.83. The van der Waals surface area contributed by atoms with Crippen molar-refractivity contribution in [1.29, 1.82) is 5.26 Å². The van der Waals surface area contributed by atoms with Gasteiger partial charge in [0.25, 0.3) is 0 Å². The maximum atomic E-state index is 13.4. The summed E-state index contributed by atoms with van der Waals surface area (Å²) < 4.78 is 13.4. The van der Waals surface area contributed by atoms with Gasteiger partial charge in [0.15, 0.2) is 5.13 Å². The minimum Gasteiger partial charge on any atom is -0.347 e. The second-order valence-electron chi connectivity index (χ2n) is 3.57. The molecule has 1 aromatic carbocycles. The van der Waals surface area contributed by atoms with Gasteiger partial charge in [-0.1, -0.05) is 29.5 Å². The quantitative estimate of drug-likeness (QED) is 0.837. The Labute approximate surface area is 103 Å². The fraction of sp³-hybridized carbons (Fsp3) is 0.167. The third-order valence-corrected chi connectivity index (χ3v) is 3.31. The maximum absolute atomic E-state index is 13.4. The van der Waals surface area contributed by atoms with E-state index < -0.39 is 0 Å². The Balaban J connectivity index is 2.14. The van der Waals surface area contributed by atoms with Crippen molar-refractivity contribution in [2.24, 2.45) is 0 Å². The minimum absolute atomic E-state index is 0.226. The Hall–Kier alpha value is -1.93. The zero-order valence-electron chi connectivity index (χ0n) is 9.22. The van der Waals surface area contributed by atoms with Gasteiger partial charge in [-0.15, -0.1) is 0 Å². The van der Waals surface area contributed by atoms with Crippen LogP contribution in [0.2, 0.25) is 0 Å². The van der Waals surface area contributed by atoms with Crippen LogP contribution in [0.4, 0.5) is 9.52 Å². The van der Waals surface area contributed by atoms with Crippen LogP contribution in [0.3, 0.4) is 0 Å². The van der Waals surface area contributed by atoms with Crippen LogP contribution in [0.5, 0.6) is 0 Å². The molecule has 1 aromatic heterocycles. The van der Waals surface area contributed by atoms with Gasteiger partial charge in [0.1, 0.15) is 16.8 Å². The lowest BCUT2D eigenvalue weighted by atomic mass is 10.2. The van der Waals surface area contributed by atoms with E-state index in [1.165, 1.54) is 23.6 Å². The molecule has 1 heterocycles. The molecule has 86 valence electrons. The number of halogens is 1. The van der Waals surface area contributed by atoms with Crippen molar-refractivity contribution in [3.8, 4) is 6.07 Å². The Morgan fingerprint density at radius 3 is 2.88 bits per heavy atom. The average Bonchev–Trinajstić information content (AvgIpc) is 2.81. The first-order chi connectivity index (χ1) is 8.20. The molecule has 2 rings (SSSR count). The van der Waals surface area contributed by atoms with Crippen molar-refractivity contribution in [2.45, 2.75) is 6.54 Å². The summed E-state index contributed by atoms with van der Waals surface area (Å²) in [7, 11) is 1.83. The Bertz CT molecular complexity index is 559. The van der Waals surface area contributed by atoms with E-state index in [9.17, 15) is 4.39 Å². The topological polar surface area (TPSA) is 39.9 Å². The van der Waals surface area contributed by atoms with Crippen molar-refractivity contribution in [1.82, 2.24) is 4.98 Å². The molecule has 3 nitrogen and oxygen atoms in total. The van der Waals surface area contributed by atoms with Crippen molar-refractivity contribution < 1.29 is 4.39 Å². The Kier molecular flexibility index (Phi) is 3.35. The van der Waals surface area contributed by atoms with Gasteiger partial charge in [0.2, 0.25) is 0 Å². The lowest BCUT2D eigenvalue weighted by Crippen LogP contribution is -2.16. The van der Waals surface area contributed by atoms with Crippen LogP contribution >= 0.6 is 11.3 Å². The number of nitrogens with zero attached hydrogens (tertiary/aromatic N) is 3. The number of rotatable bonds is 3. The van der Waals surface area contributed by atoms with Gasteiger partial charge in [0.05, 0.1) is 6.20 Å². The third kappa shape index (κ3) is 2.60. The summed E-state index contributed by atoms with van der Waals surface area (Å²) >= 11 is 1.30. The fourth-order valence-electron chi connectivity index (χ4n) is 1.44. The largest absolute Gasteiger partial charge is 0.347 e. The van der Waals surface area contributed by atoms with Gasteiger partial charge in [-0.3, -0.25) is 0 Å². The monoisotopic (exact) mass is 247 g/mol. The third-order valence-electron chi connectivity index (χ3n) is 2.30. The highest BCUT2D eigenvalue weighted by Gasteiger charge is 2.09. The van der Waals surface area contributed by atoms with Gasteiger partial charge in [-0.2, -0.15) is 5.26 Å². The molecule has 5 heteroatoms. The number of hydrogen-bond acceptors (Lipinski definition) is 4. The molecule has 0 aliphatic carbocycles. The molecule has 0 bridgehead atoms. The summed E-state index contributed by atoms with van der Waals surface area (Å²) in [6, 6.07) is 8.67. The highest BCUT2D eigenvalue weighted by molar-refractivity contribution is 7.16. The zero-order chi connectivity index (χ0) is 12.3. The summed E-state index contributed by atoms with van der Waals surface area (Å²) in [5.41, 5.74) is 0.615. The number of nitriles is 1. The highest BCUT2D eigenvalue weighted by Crippen LogP contribution is 2.22. The number of anilines is 1. The van der Waals surface area contributed by atoms with E-state index in [1.54, 1.807) is 18.2 Å². The second-order valence-corrected chi connectivity index (χ2v) is 4.58. The molecular weight excluding hydrogens is 237 g/mol. The summed E-state index contributed by atoms with van der Waals surface area (Å²) in [6.07, 6.45) is 1.53. The van der Waals surface area contributed by atoms with Gasteiger partial charge in [-0.25, -0.2) is 9.37 Å². The molecule has 0 saturated heterocycles. The molecule has 17 heavy (non-hydrogen) atoms.